The highest BCUT2D eigenvalue weighted by atomic mass is 32.2. The minimum Gasteiger partial charge on any atom is -0.497 e. The lowest BCUT2D eigenvalue weighted by molar-refractivity contribution is 0.306. The molecule has 0 saturated carbocycles. The van der Waals surface area contributed by atoms with E-state index in [0.29, 0.717) is 28.9 Å². The Morgan fingerprint density at radius 1 is 1.00 bits per heavy atom. The Morgan fingerprint density at radius 2 is 1.85 bits per heavy atom. The number of nitrogens with zero attached hydrogens (tertiary/aromatic N) is 4. The van der Waals surface area contributed by atoms with Crippen LogP contribution in [-0.2, 0) is 10.0 Å². The Morgan fingerprint density at radius 3 is 2.61 bits per heavy atom. The summed E-state index contributed by atoms with van der Waals surface area (Å²) in [7, 11) is -0.549. The van der Waals surface area contributed by atoms with Crippen LogP contribution >= 0.6 is 0 Å². The first kappa shape index (κ1) is 22.5. The lowest BCUT2D eigenvalue weighted by Gasteiger charge is -2.10. The Hall–Kier alpha value is -3.70. The molecule has 0 amide bonds. The fraction of sp³-hybridized carbons (Fsp3) is 0.227. The Bertz CT molecular complexity index is 1390. The molecule has 4 aromatic rings. The summed E-state index contributed by atoms with van der Waals surface area (Å²) in [4.78, 5) is 0.160. The number of fused-ring (bicyclic) bond motifs is 1. The van der Waals surface area contributed by atoms with Crippen molar-refractivity contribution in [1.29, 1.82) is 0 Å². The minimum absolute atomic E-state index is 0.0675. The molecule has 11 heteroatoms. The zero-order valence-corrected chi connectivity index (χ0v) is 19.2. The number of aromatic nitrogens is 4. The highest BCUT2D eigenvalue weighted by molar-refractivity contribution is 7.89. The van der Waals surface area contributed by atoms with Gasteiger partial charge < -0.3 is 14.2 Å². The molecule has 0 unspecified atom stereocenters. The molecule has 1 N–H and O–H groups in total. The van der Waals surface area contributed by atoms with Gasteiger partial charge in [-0.1, -0.05) is 12.1 Å². The molecule has 0 atom stereocenters. The first-order valence-corrected chi connectivity index (χ1v) is 11.5. The average molecular weight is 470 g/mol. The number of sulfonamides is 1. The molecule has 0 aliphatic carbocycles. The molecule has 2 aromatic carbocycles. The zero-order chi connectivity index (χ0) is 23.4. The van der Waals surface area contributed by atoms with Crippen molar-refractivity contribution in [3.05, 3.63) is 60.2 Å². The van der Waals surface area contributed by atoms with E-state index in [1.165, 1.54) is 13.2 Å². The monoisotopic (exact) mass is 469 g/mol. The van der Waals surface area contributed by atoms with Gasteiger partial charge in [-0.15, -0.1) is 15.3 Å². The second-order valence-electron chi connectivity index (χ2n) is 7.07. The predicted octanol–water partition coefficient (Wildman–Crippen LogP) is 2.47. The van der Waals surface area contributed by atoms with Gasteiger partial charge in [0.2, 0.25) is 15.9 Å². The third kappa shape index (κ3) is 4.89. The van der Waals surface area contributed by atoms with Crippen LogP contribution in [0.3, 0.4) is 0 Å². The maximum Gasteiger partial charge on any atom is 0.240 e. The number of rotatable bonds is 9. The van der Waals surface area contributed by atoms with E-state index in [9.17, 15) is 8.42 Å². The average Bonchev–Trinajstić information content (AvgIpc) is 3.25. The summed E-state index contributed by atoms with van der Waals surface area (Å²) in [5.41, 5.74) is 2.07. The standard InChI is InChI=1S/C22H23N5O5S/c1-15-13-18(7-8-19(15)31-3)33(28,29)23-11-12-32-21-10-9-20-24-25-22(27(20)26-21)16-5-4-6-17(14-16)30-2/h4-10,13-14,23H,11-12H2,1-3H3. The van der Waals surface area contributed by atoms with E-state index in [0.717, 1.165) is 11.1 Å². The minimum atomic E-state index is -3.68. The van der Waals surface area contributed by atoms with Crippen molar-refractivity contribution in [2.75, 3.05) is 27.4 Å². The van der Waals surface area contributed by atoms with Crippen LogP contribution in [0.15, 0.2) is 59.5 Å². The van der Waals surface area contributed by atoms with Gasteiger partial charge in [-0.2, -0.15) is 4.52 Å². The second-order valence-corrected chi connectivity index (χ2v) is 8.84. The number of hydrogen-bond acceptors (Lipinski definition) is 8. The topological polar surface area (TPSA) is 117 Å². The van der Waals surface area contributed by atoms with Gasteiger partial charge >= 0.3 is 0 Å². The van der Waals surface area contributed by atoms with Crippen LogP contribution < -0.4 is 18.9 Å². The van der Waals surface area contributed by atoms with Crippen molar-refractivity contribution in [3.8, 4) is 28.8 Å². The molecule has 0 saturated heterocycles. The SMILES string of the molecule is COc1cccc(-c2nnc3ccc(OCCNS(=O)(=O)c4ccc(OC)c(C)c4)nn23)c1. The number of ether oxygens (including phenoxy) is 3. The van der Waals surface area contributed by atoms with Crippen LogP contribution in [0.4, 0.5) is 0 Å². The summed E-state index contributed by atoms with van der Waals surface area (Å²) in [6, 6.07) is 15.5. The summed E-state index contributed by atoms with van der Waals surface area (Å²) >= 11 is 0. The number of nitrogens with one attached hydrogen (secondary N) is 1. The summed E-state index contributed by atoms with van der Waals surface area (Å²) in [6.07, 6.45) is 0. The van der Waals surface area contributed by atoms with E-state index in [4.69, 9.17) is 14.2 Å². The molecule has 172 valence electrons. The number of benzene rings is 2. The van der Waals surface area contributed by atoms with E-state index in [1.807, 2.05) is 24.3 Å². The third-order valence-corrected chi connectivity index (χ3v) is 6.35. The molecule has 2 heterocycles. The van der Waals surface area contributed by atoms with Gasteiger partial charge in [-0.25, -0.2) is 13.1 Å². The second kappa shape index (κ2) is 9.43. The molecule has 33 heavy (non-hydrogen) atoms. The Kier molecular flexibility index (Phi) is 6.43. The summed E-state index contributed by atoms with van der Waals surface area (Å²) in [5.74, 6) is 2.16. The van der Waals surface area contributed by atoms with Gasteiger partial charge in [0.25, 0.3) is 0 Å². The molecule has 0 aliphatic heterocycles. The number of aryl methyl sites for hydroxylation is 1. The van der Waals surface area contributed by atoms with Crippen molar-refractivity contribution in [2.45, 2.75) is 11.8 Å². The normalized spacial score (nSPS) is 11.5. The number of hydrogen-bond donors (Lipinski definition) is 1. The lowest BCUT2D eigenvalue weighted by atomic mass is 10.2. The van der Waals surface area contributed by atoms with Gasteiger partial charge in [-0.05, 0) is 48.9 Å². The highest BCUT2D eigenvalue weighted by Gasteiger charge is 2.15. The largest absolute Gasteiger partial charge is 0.497 e. The maximum atomic E-state index is 12.5. The molecule has 0 radical (unpaired) electrons. The first-order chi connectivity index (χ1) is 15.9. The maximum absolute atomic E-state index is 12.5. The summed E-state index contributed by atoms with van der Waals surface area (Å²) < 4.78 is 45.3. The van der Waals surface area contributed by atoms with Gasteiger partial charge in [0.1, 0.15) is 18.1 Å². The van der Waals surface area contributed by atoms with Crippen LogP contribution in [0.2, 0.25) is 0 Å². The molecule has 0 aliphatic rings. The Balaban J connectivity index is 1.43. The van der Waals surface area contributed by atoms with Crippen molar-refractivity contribution < 1.29 is 22.6 Å². The van der Waals surface area contributed by atoms with E-state index >= 15 is 0 Å². The quantitative estimate of drug-likeness (QED) is 0.372. The van der Waals surface area contributed by atoms with E-state index < -0.39 is 10.0 Å². The van der Waals surface area contributed by atoms with Gasteiger partial charge in [0.15, 0.2) is 11.5 Å². The molecular weight excluding hydrogens is 446 g/mol. The smallest absolute Gasteiger partial charge is 0.240 e. The lowest BCUT2D eigenvalue weighted by Crippen LogP contribution is -2.28. The van der Waals surface area contributed by atoms with Gasteiger partial charge in [0.05, 0.1) is 19.1 Å². The van der Waals surface area contributed by atoms with E-state index in [2.05, 4.69) is 20.0 Å². The van der Waals surface area contributed by atoms with Crippen LogP contribution in [0.5, 0.6) is 17.4 Å². The van der Waals surface area contributed by atoms with Gasteiger partial charge in [-0.3, -0.25) is 0 Å². The van der Waals surface area contributed by atoms with Crippen molar-refractivity contribution in [3.63, 3.8) is 0 Å². The molecule has 0 spiro atoms. The van der Waals surface area contributed by atoms with Crippen molar-refractivity contribution >= 4 is 15.7 Å². The zero-order valence-electron chi connectivity index (χ0n) is 18.3. The van der Waals surface area contributed by atoms with Crippen LogP contribution in [0, 0.1) is 6.92 Å². The number of methoxy groups -OCH3 is 2. The molecule has 10 nitrogen and oxygen atoms in total. The summed E-state index contributed by atoms with van der Waals surface area (Å²) in [5, 5.41) is 12.8. The predicted molar refractivity (Wildman–Crippen MR) is 121 cm³/mol. The Labute approximate surface area is 191 Å². The van der Waals surface area contributed by atoms with Crippen LogP contribution in [0.1, 0.15) is 5.56 Å². The molecule has 2 aromatic heterocycles. The molecule has 0 fully saturated rings. The van der Waals surface area contributed by atoms with Crippen molar-refractivity contribution in [1.82, 2.24) is 24.5 Å². The molecule has 0 bridgehead atoms. The van der Waals surface area contributed by atoms with E-state index in [1.54, 1.807) is 42.8 Å². The van der Waals surface area contributed by atoms with E-state index in [-0.39, 0.29) is 18.0 Å². The summed E-state index contributed by atoms with van der Waals surface area (Å²) in [6.45, 7) is 1.94. The van der Waals surface area contributed by atoms with Gasteiger partial charge in [0, 0.05) is 18.2 Å². The first-order valence-electron chi connectivity index (χ1n) is 10.1. The highest BCUT2D eigenvalue weighted by Crippen LogP contribution is 2.23. The van der Waals surface area contributed by atoms with Crippen LogP contribution in [0.25, 0.3) is 17.0 Å². The fourth-order valence-electron chi connectivity index (χ4n) is 3.22. The third-order valence-electron chi connectivity index (χ3n) is 4.89. The molecular formula is C22H23N5O5S. The van der Waals surface area contributed by atoms with Crippen LogP contribution in [-0.4, -0.2) is 55.6 Å². The van der Waals surface area contributed by atoms with Crippen molar-refractivity contribution in [2.24, 2.45) is 0 Å². The molecule has 4 rings (SSSR count). The fourth-order valence-corrected chi connectivity index (χ4v) is 4.32.